The normalized spacial score (nSPS) is 20.0. The summed E-state index contributed by atoms with van der Waals surface area (Å²) in [5, 5.41) is 17.5. The zero-order chi connectivity index (χ0) is 14.7. The van der Waals surface area contributed by atoms with Crippen LogP contribution in [0.5, 0.6) is 0 Å². The maximum Gasteiger partial charge on any atom is 0.0570 e. The summed E-state index contributed by atoms with van der Waals surface area (Å²) in [5.74, 6) is 0.789. The topological polar surface area (TPSA) is 38.7 Å². The number of benzene rings is 1. The highest BCUT2D eigenvalue weighted by Crippen LogP contribution is 2.34. The molecule has 0 unspecified atom stereocenters. The molecule has 1 aromatic carbocycles. The highest BCUT2D eigenvalue weighted by molar-refractivity contribution is 5.59. The van der Waals surface area contributed by atoms with Crippen molar-refractivity contribution in [2.24, 2.45) is 5.92 Å². The average molecular weight is 289 g/mol. The predicted octanol–water partition coefficient (Wildman–Crippen LogP) is 1.91. The van der Waals surface area contributed by atoms with Crippen LogP contribution in [0.1, 0.15) is 30.4 Å². The van der Waals surface area contributed by atoms with Crippen molar-refractivity contribution >= 4 is 5.69 Å². The summed E-state index contributed by atoms with van der Waals surface area (Å²) in [7, 11) is 0. The van der Waals surface area contributed by atoms with E-state index in [0.717, 1.165) is 45.1 Å². The van der Waals surface area contributed by atoms with Gasteiger partial charge in [-0.15, -0.1) is 0 Å². The molecule has 0 saturated carbocycles. The molecular formula is C17H27N3O. The number of hydrogen-bond acceptors (Lipinski definition) is 4. The predicted molar refractivity (Wildman–Crippen MR) is 86.2 cm³/mol. The first-order chi connectivity index (χ1) is 10.3. The van der Waals surface area contributed by atoms with E-state index in [-0.39, 0.29) is 6.61 Å². The van der Waals surface area contributed by atoms with E-state index in [2.05, 4.69) is 40.5 Å². The number of aryl methyl sites for hydroxylation is 1. The molecule has 1 saturated heterocycles. The van der Waals surface area contributed by atoms with Gasteiger partial charge >= 0.3 is 0 Å². The maximum atomic E-state index is 9.18. The van der Waals surface area contributed by atoms with Crippen molar-refractivity contribution in [1.82, 2.24) is 10.3 Å². The Balaban J connectivity index is 1.74. The number of anilines is 1. The van der Waals surface area contributed by atoms with Gasteiger partial charge in [0.2, 0.25) is 0 Å². The van der Waals surface area contributed by atoms with Crippen LogP contribution >= 0.6 is 0 Å². The highest BCUT2D eigenvalue weighted by atomic mass is 16.3. The molecule has 0 amide bonds. The zero-order valence-corrected chi connectivity index (χ0v) is 13.0. The van der Waals surface area contributed by atoms with Gasteiger partial charge in [-0.1, -0.05) is 12.1 Å². The third kappa shape index (κ3) is 3.23. The number of hydrazine groups is 1. The van der Waals surface area contributed by atoms with Gasteiger partial charge < -0.3 is 15.4 Å². The average Bonchev–Trinajstić information content (AvgIpc) is 2.85. The van der Waals surface area contributed by atoms with Crippen LogP contribution < -0.4 is 10.3 Å². The number of nitrogens with one attached hydrogen (secondary N) is 1. The van der Waals surface area contributed by atoms with E-state index in [0.29, 0.717) is 0 Å². The number of piperidine rings is 1. The van der Waals surface area contributed by atoms with E-state index < -0.39 is 0 Å². The minimum atomic E-state index is 0.263. The quantitative estimate of drug-likeness (QED) is 0.868. The fourth-order valence-corrected chi connectivity index (χ4v) is 3.56. The lowest BCUT2D eigenvalue weighted by atomic mass is 9.98. The van der Waals surface area contributed by atoms with Gasteiger partial charge in [0.15, 0.2) is 0 Å². The Bertz CT molecular complexity index is 471. The number of fused-ring (bicyclic) bond motifs is 1. The molecule has 0 bridgehead atoms. The molecule has 116 valence electrons. The minimum absolute atomic E-state index is 0.263. The molecule has 1 fully saturated rings. The molecule has 2 heterocycles. The summed E-state index contributed by atoms with van der Waals surface area (Å²) in [6.07, 6.45) is 3.38. The Hall–Kier alpha value is -1.10. The molecule has 0 aliphatic carbocycles. The summed E-state index contributed by atoms with van der Waals surface area (Å²) in [5.41, 5.74) is 4.19. The van der Waals surface area contributed by atoms with Gasteiger partial charge in [-0.05, 0) is 62.4 Å². The van der Waals surface area contributed by atoms with Gasteiger partial charge in [0.25, 0.3) is 0 Å². The molecule has 1 aromatic rings. The maximum absolute atomic E-state index is 9.18. The molecule has 0 radical (unpaired) electrons. The third-order valence-electron chi connectivity index (χ3n) is 4.80. The summed E-state index contributed by atoms with van der Waals surface area (Å²) < 4.78 is 0. The van der Waals surface area contributed by atoms with E-state index in [1.54, 1.807) is 0 Å². The van der Waals surface area contributed by atoms with Crippen LogP contribution in [0.15, 0.2) is 18.2 Å². The first-order valence-corrected chi connectivity index (χ1v) is 8.22. The number of nitrogens with zero attached hydrogens (tertiary/aromatic N) is 2. The first-order valence-electron chi connectivity index (χ1n) is 8.22. The Labute approximate surface area is 127 Å². The van der Waals surface area contributed by atoms with Gasteiger partial charge in [-0.25, -0.2) is 5.01 Å². The van der Waals surface area contributed by atoms with Crippen molar-refractivity contribution in [2.45, 2.75) is 32.7 Å². The van der Waals surface area contributed by atoms with Crippen LogP contribution in [0.3, 0.4) is 0 Å². The van der Waals surface area contributed by atoms with Gasteiger partial charge in [-0.2, -0.15) is 0 Å². The summed E-state index contributed by atoms with van der Waals surface area (Å²) >= 11 is 0. The minimum Gasteiger partial charge on any atom is -0.396 e. The van der Waals surface area contributed by atoms with Crippen LogP contribution in [0.25, 0.3) is 0 Å². The highest BCUT2D eigenvalue weighted by Gasteiger charge is 2.29. The van der Waals surface area contributed by atoms with Gasteiger partial charge in [-0.3, -0.25) is 0 Å². The Kier molecular flexibility index (Phi) is 4.78. The molecule has 0 aromatic heterocycles. The monoisotopic (exact) mass is 289 g/mol. The molecule has 21 heavy (non-hydrogen) atoms. The second-order valence-electron chi connectivity index (χ2n) is 6.31. The van der Waals surface area contributed by atoms with Crippen molar-refractivity contribution in [1.29, 1.82) is 0 Å². The SMILES string of the molecule is Cc1cccc2c1CN(CC1CCNCC1)N2CCCO. The van der Waals surface area contributed by atoms with Crippen molar-refractivity contribution in [3.8, 4) is 0 Å². The van der Waals surface area contributed by atoms with Crippen LogP contribution in [-0.2, 0) is 6.54 Å². The Morgan fingerprint density at radius 1 is 1.29 bits per heavy atom. The van der Waals surface area contributed by atoms with E-state index in [1.807, 2.05) is 0 Å². The fraction of sp³-hybridized carbons (Fsp3) is 0.647. The van der Waals surface area contributed by atoms with Crippen LogP contribution in [-0.4, -0.2) is 42.9 Å². The molecule has 0 atom stereocenters. The molecule has 2 aliphatic rings. The standard InChI is InChI=1S/C17H27N3O/c1-14-4-2-5-17-16(14)13-19(20(17)10-3-11-21)12-15-6-8-18-9-7-15/h2,4-5,15,18,21H,3,6-13H2,1H3. The third-order valence-corrected chi connectivity index (χ3v) is 4.80. The van der Waals surface area contributed by atoms with Crippen molar-refractivity contribution < 1.29 is 5.11 Å². The number of aliphatic hydroxyl groups is 1. The van der Waals surface area contributed by atoms with E-state index in [4.69, 9.17) is 0 Å². The molecule has 2 aliphatic heterocycles. The smallest absolute Gasteiger partial charge is 0.0570 e. The van der Waals surface area contributed by atoms with Gasteiger partial charge in [0.1, 0.15) is 0 Å². The summed E-state index contributed by atoms with van der Waals surface area (Å²) in [6.45, 7) is 7.86. The number of hydrogen-bond donors (Lipinski definition) is 2. The lowest BCUT2D eigenvalue weighted by molar-refractivity contribution is 0.190. The molecule has 2 N–H and O–H groups in total. The molecular weight excluding hydrogens is 262 g/mol. The Morgan fingerprint density at radius 2 is 2.10 bits per heavy atom. The fourth-order valence-electron chi connectivity index (χ4n) is 3.56. The molecule has 3 rings (SSSR count). The second-order valence-corrected chi connectivity index (χ2v) is 6.31. The first kappa shape index (κ1) is 14.8. The molecule has 0 spiro atoms. The van der Waals surface area contributed by atoms with Crippen molar-refractivity contribution in [3.05, 3.63) is 29.3 Å². The number of aliphatic hydroxyl groups excluding tert-OH is 1. The van der Waals surface area contributed by atoms with Crippen LogP contribution in [0.4, 0.5) is 5.69 Å². The zero-order valence-electron chi connectivity index (χ0n) is 13.0. The van der Waals surface area contributed by atoms with Gasteiger partial charge in [0.05, 0.1) is 5.69 Å². The molecule has 4 heteroatoms. The van der Waals surface area contributed by atoms with Gasteiger partial charge in [0, 0.05) is 26.2 Å². The lowest BCUT2D eigenvalue weighted by Crippen LogP contribution is -2.43. The van der Waals surface area contributed by atoms with Crippen molar-refractivity contribution in [3.63, 3.8) is 0 Å². The molecule has 4 nitrogen and oxygen atoms in total. The summed E-state index contributed by atoms with van der Waals surface area (Å²) in [6, 6.07) is 6.58. The van der Waals surface area contributed by atoms with Crippen LogP contribution in [0, 0.1) is 12.8 Å². The number of rotatable bonds is 5. The van der Waals surface area contributed by atoms with E-state index >= 15 is 0 Å². The van der Waals surface area contributed by atoms with Crippen LogP contribution in [0.2, 0.25) is 0 Å². The van der Waals surface area contributed by atoms with Crippen molar-refractivity contribution in [2.75, 3.05) is 37.8 Å². The lowest BCUT2D eigenvalue weighted by Gasteiger charge is -2.34. The Morgan fingerprint density at radius 3 is 2.86 bits per heavy atom. The van der Waals surface area contributed by atoms with E-state index in [1.165, 1.54) is 29.7 Å². The largest absolute Gasteiger partial charge is 0.396 e. The summed E-state index contributed by atoms with van der Waals surface area (Å²) in [4.78, 5) is 0. The van der Waals surface area contributed by atoms with E-state index in [9.17, 15) is 5.11 Å². The second kappa shape index (κ2) is 6.77.